The summed E-state index contributed by atoms with van der Waals surface area (Å²) in [6.45, 7) is 3.81. The van der Waals surface area contributed by atoms with Crippen LogP contribution in [0.5, 0.6) is 0 Å². The summed E-state index contributed by atoms with van der Waals surface area (Å²) in [6.07, 6.45) is 3.11. The number of pyridine rings is 1. The van der Waals surface area contributed by atoms with Gasteiger partial charge in [0.05, 0.1) is 11.8 Å². The molecule has 4 rings (SSSR count). The Morgan fingerprint density at radius 3 is 2.92 bits per heavy atom. The maximum atomic E-state index is 12.7. The van der Waals surface area contributed by atoms with Crippen molar-refractivity contribution in [3.05, 3.63) is 64.3 Å². The van der Waals surface area contributed by atoms with Crippen LogP contribution in [-0.4, -0.2) is 20.4 Å². The number of aryl methyl sites for hydroxylation is 2. The number of hydrogen-bond acceptors (Lipinski definition) is 5. The van der Waals surface area contributed by atoms with Crippen molar-refractivity contribution in [3.8, 4) is 0 Å². The van der Waals surface area contributed by atoms with Gasteiger partial charge in [-0.05, 0) is 43.2 Å². The normalized spacial score (nSPS) is 11.2. The van der Waals surface area contributed by atoms with E-state index in [-0.39, 0.29) is 18.0 Å². The van der Waals surface area contributed by atoms with Crippen molar-refractivity contribution < 1.29 is 4.79 Å². The molecule has 0 aliphatic heterocycles. The first-order chi connectivity index (χ1) is 12.5. The van der Waals surface area contributed by atoms with Crippen LogP contribution in [0.2, 0.25) is 0 Å². The molecule has 0 radical (unpaired) electrons. The van der Waals surface area contributed by atoms with Crippen LogP contribution in [-0.2, 0) is 11.3 Å². The number of amides is 1. The summed E-state index contributed by atoms with van der Waals surface area (Å²) in [5, 5.41) is 3.72. The van der Waals surface area contributed by atoms with Crippen LogP contribution in [0, 0.1) is 13.8 Å². The van der Waals surface area contributed by atoms with Gasteiger partial charge in [-0.3, -0.25) is 14.2 Å². The standard InChI is InChI=1S/C19H16N4O2S/c1-11-5-6-12(2)14(8-11)22-15(24)9-23-10-21-16-13-4-3-7-20-18(13)26-17(16)19(23)25/h3-8,10H,9H2,1-2H3,(H,22,24). The smallest absolute Gasteiger partial charge is 0.271 e. The van der Waals surface area contributed by atoms with Crippen molar-refractivity contribution in [2.45, 2.75) is 20.4 Å². The molecule has 0 bridgehead atoms. The number of rotatable bonds is 3. The van der Waals surface area contributed by atoms with Crippen molar-refractivity contribution in [2.75, 3.05) is 5.32 Å². The average Bonchev–Trinajstić information content (AvgIpc) is 3.00. The minimum atomic E-state index is -0.263. The minimum Gasteiger partial charge on any atom is -0.324 e. The molecule has 0 saturated heterocycles. The Morgan fingerprint density at radius 1 is 1.23 bits per heavy atom. The summed E-state index contributed by atoms with van der Waals surface area (Å²) in [5.74, 6) is -0.263. The zero-order valence-electron chi connectivity index (χ0n) is 14.3. The van der Waals surface area contributed by atoms with E-state index >= 15 is 0 Å². The molecule has 0 unspecified atom stereocenters. The van der Waals surface area contributed by atoms with Crippen molar-refractivity contribution in [3.63, 3.8) is 0 Å². The van der Waals surface area contributed by atoms with Crippen molar-refractivity contribution >= 4 is 43.4 Å². The van der Waals surface area contributed by atoms with Gasteiger partial charge in [-0.1, -0.05) is 12.1 Å². The van der Waals surface area contributed by atoms with E-state index in [4.69, 9.17) is 0 Å². The van der Waals surface area contributed by atoms with Gasteiger partial charge in [0.25, 0.3) is 5.56 Å². The molecule has 0 fully saturated rings. The van der Waals surface area contributed by atoms with Gasteiger partial charge in [-0.2, -0.15) is 0 Å². The highest BCUT2D eigenvalue weighted by Crippen LogP contribution is 2.27. The first-order valence-corrected chi connectivity index (χ1v) is 8.94. The number of fused-ring (bicyclic) bond motifs is 3. The summed E-state index contributed by atoms with van der Waals surface area (Å²) < 4.78 is 1.85. The minimum absolute atomic E-state index is 0.0865. The third kappa shape index (κ3) is 2.86. The number of carbonyl (C=O) groups excluding carboxylic acids is 1. The van der Waals surface area contributed by atoms with Crippen LogP contribution >= 0.6 is 11.3 Å². The van der Waals surface area contributed by atoms with Crippen LogP contribution < -0.4 is 10.9 Å². The summed E-state index contributed by atoms with van der Waals surface area (Å²) in [6, 6.07) is 9.57. The van der Waals surface area contributed by atoms with Crippen LogP contribution in [0.4, 0.5) is 5.69 Å². The number of carbonyl (C=O) groups is 1. The maximum absolute atomic E-state index is 12.7. The number of thiophene rings is 1. The van der Waals surface area contributed by atoms with E-state index in [9.17, 15) is 9.59 Å². The van der Waals surface area contributed by atoms with Gasteiger partial charge < -0.3 is 5.32 Å². The monoisotopic (exact) mass is 364 g/mol. The molecule has 0 spiro atoms. The van der Waals surface area contributed by atoms with E-state index < -0.39 is 0 Å². The highest BCUT2D eigenvalue weighted by Gasteiger charge is 2.14. The van der Waals surface area contributed by atoms with Gasteiger partial charge in [0.15, 0.2) is 0 Å². The third-order valence-corrected chi connectivity index (χ3v) is 5.29. The first-order valence-electron chi connectivity index (χ1n) is 8.13. The zero-order valence-corrected chi connectivity index (χ0v) is 15.1. The molecule has 1 aromatic carbocycles. The third-order valence-electron chi connectivity index (χ3n) is 4.20. The van der Waals surface area contributed by atoms with Gasteiger partial charge in [0, 0.05) is 17.3 Å². The lowest BCUT2D eigenvalue weighted by Gasteiger charge is -2.10. The molecule has 0 aliphatic rings. The molecule has 130 valence electrons. The second kappa shape index (κ2) is 6.34. The molecule has 1 N–H and O–H groups in total. The van der Waals surface area contributed by atoms with E-state index in [0.717, 1.165) is 27.0 Å². The summed E-state index contributed by atoms with van der Waals surface area (Å²) in [4.78, 5) is 34.5. The van der Waals surface area contributed by atoms with E-state index in [1.807, 2.05) is 44.2 Å². The molecule has 3 heterocycles. The molecule has 0 saturated carbocycles. The van der Waals surface area contributed by atoms with Crippen LogP contribution in [0.15, 0.2) is 47.7 Å². The molecule has 3 aromatic heterocycles. The Morgan fingerprint density at radius 2 is 2.08 bits per heavy atom. The van der Waals surface area contributed by atoms with Gasteiger partial charge in [-0.25, -0.2) is 9.97 Å². The average molecular weight is 364 g/mol. The fraction of sp³-hybridized carbons (Fsp3) is 0.158. The fourth-order valence-electron chi connectivity index (χ4n) is 2.83. The Hall–Kier alpha value is -3.06. The number of benzene rings is 1. The lowest BCUT2D eigenvalue weighted by molar-refractivity contribution is -0.116. The number of nitrogens with zero attached hydrogens (tertiary/aromatic N) is 3. The van der Waals surface area contributed by atoms with Gasteiger partial charge in [0.2, 0.25) is 5.91 Å². The molecule has 0 atom stereocenters. The zero-order chi connectivity index (χ0) is 18.3. The quantitative estimate of drug-likeness (QED) is 0.605. The Kier molecular flexibility index (Phi) is 4.00. The predicted molar refractivity (Wildman–Crippen MR) is 104 cm³/mol. The van der Waals surface area contributed by atoms with Crippen molar-refractivity contribution in [1.82, 2.24) is 14.5 Å². The van der Waals surface area contributed by atoms with Crippen molar-refractivity contribution in [1.29, 1.82) is 0 Å². The molecule has 6 nitrogen and oxygen atoms in total. The van der Waals surface area contributed by atoms with E-state index in [0.29, 0.717) is 10.2 Å². The number of anilines is 1. The Labute approximate surface area is 153 Å². The maximum Gasteiger partial charge on any atom is 0.271 e. The lowest BCUT2D eigenvalue weighted by Crippen LogP contribution is -2.27. The van der Waals surface area contributed by atoms with Crippen LogP contribution in [0.25, 0.3) is 20.4 Å². The van der Waals surface area contributed by atoms with Crippen LogP contribution in [0.3, 0.4) is 0 Å². The summed E-state index contributed by atoms with van der Waals surface area (Å²) in [5.41, 5.74) is 3.19. The van der Waals surface area contributed by atoms with Crippen LogP contribution in [0.1, 0.15) is 11.1 Å². The molecular formula is C19H16N4O2S. The van der Waals surface area contributed by atoms with Gasteiger partial charge in [0.1, 0.15) is 16.1 Å². The fourth-order valence-corrected chi connectivity index (χ4v) is 3.88. The second-order valence-electron chi connectivity index (χ2n) is 6.18. The van der Waals surface area contributed by atoms with Gasteiger partial charge >= 0.3 is 0 Å². The van der Waals surface area contributed by atoms with Gasteiger partial charge in [-0.15, -0.1) is 11.3 Å². The molecular weight excluding hydrogens is 348 g/mol. The molecule has 4 aromatic rings. The van der Waals surface area contributed by atoms with E-state index in [1.54, 1.807) is 6.20 Å². The largest absolute Gasteiger partial charge is 0.324 e. The molecule has 26 heavy (non-hydrogen) atoms. The topological polar surface area (TPSA) is 76.9 Å². The van der Waals surface area contributed by atoms with E-state index in [1.165, 1.54) is 22.2 Å². The first kappa shape index (κ1) is 16.4. The molecule has 7 heteroatoms. The number of nitrogens with one attached hydrogen (secondary N) is 1. The lowest BCUT2D eigenvalue weighted by atomic mass is 10.1. The number of aromatic nitrogens is 3. The molecule has 0 aliphatic carbocycles. The Bertz CT molecular complexity index is 1210. The summed E-state index contributed by atoms with van der Waals surface area (Å²) in [7, 11) is 0. The molecule has 1 amide bonds. The SMILES string of the molecule is Cc1ccc(C)c(NC(=O)Cn2cnc3c(sc4ncccc43)c2=O)c1. The summed E-state index contributed by atoms with van der Waals surface area (Å²) >= 11 is 1.30. The predicted octanol–water partition coefficient (Wildman–Crippen LogP) is 3.26. The highest BCUT2D eigenvalue weighted by molar-refractivity contribution is 7.25. The van der Waals surface area contributed by atoms with Crippen molar-refractivity contribution in [2.24, 2.45) is 0 Å². The number of hydrogen-bond donors (Lipinski definition) is 1. The highest BCUT2D eigenvalue weighted by atomic mass is 32.1. The van der Waals surface area contributed by atoms with E-state index in [2.05, 4.69) is 15.3 Å². The Balaban J connectivity index is 1.65. The second-order valence-corrected chi connectivity index (χ2v) is 7.18.